The van der Waals surface area contributed by atoms with Gasteiger partial charge in [0.2, 0.25) is 5.89 Å². The molecule has 0 aliphatic rings. The molecule has 0 aliphatic heterocycles. The molecule has 1 rings (SSSR count). The number of carbonyl (C=O) groups excluding carboxylic acids is 2. The van der Waals surface area contributed by atoms with E-state index < -0.39 is 11.8 Å². The molecule has 2 amide bonds. The number of aromatic nitrogens is 2. The lowest BCUT2D eigenvalue weighted by atomic mass is 10.4. The highest BCUT2D eigenvalue weighted by Crippen LogP contribution is 1.95. The maximum absolute atomic E-state index is 10.9. The highest BCUT2D eigenvalue weighted by Gasteiger charge is 2.11. The Morgan fingerprint density at radius 2 is 2.20 bits per heavy atom. The average Bonchev–Trinajstić information content (AvgIpc) is 2.63. The number of amides is 2. The van der Waals surface area contributed by atoms with E-state index in [9.17, 15) is 9.59 Å². The molecule has 1 heterocycles. The first-order valence-corrected chi connectivity index (χ1v) is 4.21. The van der Waals surface area contributed by atoms with Crippen molar-refractivity contribution in [2.75, 3.05) is 6.54 Å². The topological polar surface area (TPSA) is 123 Å². The molecule has 0 fully saturated rings. The van der Waals surface area contributed by atoms with Crippen LogP contribution in [0, 0.1) is 6.92 Å². The number of aryl methyl sites for hydroxylation is 1. The molecule has 0 atom stereocenters. The van der Waals surface area contributed by atoms with Gasteiger partial charge >= 0.3 is 11.8 Å². The maximum atomic E-state index is 10.9. The first kappa shape index (κ1) is 11.1. The fourth-order valence-electron chi connectivity index (χ4n) is 0.870. The number of hydrazine groups is 1. The third-order valence-corrected chi connectivity index (χ3v) is 1.53. The second kappa shape index (κ2) is 5.05. The molecule has 0 aliphatic carbocycles. The summed E-state index contributed by atoms with van der Waals surface area (Å²) in [6.07, 6.45) is 0.366. The van der Waals surface area contributed by atoms with Crippen molar-refractivity contribution < 1.29 is 14.1 Å². The molecule has 0 radical (unpaired) electrons. The molecule has 15 heavy (non-hydrogen) atoms. The van der Waals surface area contributed by atoms with E-state index in [4.69, 9.17) is 10.4 Å². The Bertz CT molecular complexity index is 361. The number of nitrogens with two attached hydrogens (primary N) is 1. The molecular formula is C7H11N5O3. The van der Waals surface area contributed by atoms with E-state index in [1.54, 1.807) is 12.3 Å². The van der Waals surface area contributed by atoms with E-state index in [0.717, 1.165) is 0 Å². The summed E-state index contributed by atoms with van der Waals surface area (Å²) in [6.45, 7) is 1.92. The third kappa shape index (κ3) is 3.35. The minimum Gasteiger partial charge on any atom is -0.347 e. The average molecular weight is 213 g/mol. The SMILES string of the molecule is Cc1noc(CCNC(=O)C(=O)NN)n1. The number of hydrogen-bond acceptors (Lipinski definition) is 6. The highest BCUT2D eigenvalue weighted by molar-refractivity contribution is 6.34. The Morgan fingerprint density at radius 1 is 1.47 bits per heavy atom. The zero-order valence-corrected chi connectivity index (χ0v) is 8.11. The van der Waals surface area contributed by atoms with E-state index in [-0.39, 0.29) is 6.54 Å². The van der Waals surface area contributed by atoms with E-state index in [1.165, 1.54) is 0 Å². The monoisotopic (exact) mass is 213 g/mol. The van der Waals surface area contributed by atoms with Gasteiger partial charge in [0, 0.05) is 13.0 Å². The Morgan fingerprint density at radius 3 is 2.73 bits per heavy atom. The maximum Gasteiger partial charge on any atom is 0.323 e. The lowest BCUT2D eigenvalue weighted by Gasteiger charge is -2.00. The largest absolute Gasteiger partial charge is 0.347 e. The van der Waals surface area contributed by atoms with Crippen molar-refractivity contribution in [2.45, 2.75) is 13.3 Å². The molecule has 0 spiro atoms. The number of rotatable bonds is 3. The molecule has 1 aromatic heterocycles. The molecule has 0 saturated carbocycles. The van der Waals surface area contributed by atoms with Crippen LogP contribution < -0.4 is 16.6 Å². The fraction of sp³-hybridized carbons (Fsp3) is 0.429. The molecule has 1 aromatic rings. The molecule has 82 valence electrons. The summed E-state index contributed by atoms with van der Waals surface area (Å²) in [5, 5.41) is 5.90. The zero-order chi connectivity index (χ0) is 11.3. The van der Waals surface area contributed by atoms with Crippen LogP contribution in [0.2, 0.25) is 0 Å². The van der Waals surface area contributed by atoms with Crippen LogP contribution in [0.5, 0.6) is 0 Å². The molecule has 0 aromatic carbocycles. The molecule has 8 heteroatoms. The van der Waals surface area contributed by atoms with Crippen LogP contribution in [-0.4, -0.2) is 28.5 Å². The normalized spacial score (nSPS) is 9.73. The van der Waals surface area contributed by atoms with Crippen molar-refractivity contribution in [1.82, 2.24) is 20.9 Å². The number of hydrogen-bond donors (Lipinski definition) is 3. The smallest absolute Gasteiger partial charge is 0.323 e. The van der Waals surface area contributed by atoms with Gasteiger partial charge in [-0.05, 0) is 6.92 Å². The first-order chi connectivity index (χ1) is 7.13. The zero-order valence-electron chi connectivity index (χ0n) is 8.11. The number of nitrogens with one attached hydrogen (secondary N) is 2. The number of nitrogens with zero attached hydrogens (tertiary/aromatic N) is 2. The predicted molar refractivity (Wildman–Crippen MR) is 48.1 cm³/mol. The van der Waals surface area contributed by atoms with Crippen molar-refractivity contribution in [3.05, 3.63) is 11.7 Å². The Balaban J connectivity index is 2.27. The summed E-state index contributed by atoms with van der Waals surface area (Å²) in [4.78, 5) is 25.5. The van der Waals surface area contributed by atoms with Crippen LogP contribution in [0.25, 0.3) is 0 Å². The van der Waals surface area contributed by atoms with E-state index in [1.807, 2.05) is 0 Å². The van der Waals surface area contributed by atoms with Crippen molar-refractivity contribution in [1.29, 1.82) is 0 Å². The summed E-state index contributed by atoms with van der Waals surface area (Å²) < 4.78 is 4.80. The van der Waals surface area contributed by atoms with Gasteiger partial charge < -0.3 is 9.84 Å². The predicted octanol–water partition coefficient (Wildman–Crippen LogP) is -1.97. The molecule has 0 bridgehead atoms. The molecule has 0 unspecified atom stereocenters. The number of carbonyl (C=O) groups is 2. The van der Waals surface area contributed by atoms with Gasteiger partial charge in [-0.15, -0.1) is 0 Å². The summed E-state index contributed by atoms with van der Waals surface area (Å²) in [6, 6.07) is 0. The van der Waals surface area contributed by atoms with Crippen LogP contribution in [0.1, 0.15) is 11.7 Å². The van der Waals surface area contributed by atoms with Crippen LogP contribution in [0.3, 0.4) is 0 Å². The van der Waals surface area contributed by atoms with Gasteiger partial charge in [0.05, 0.1) is 0 Å². The summed E-state index contributed by atoms with van der Waals surface area (Å²) in [5.74, 6) is 4.00. The van der Waals surface area contributed by atoms with Crippen molar-refractivity contribution in [3.63, 3.8) is 0 Å². The summed E-state index contributed by atoms with van der Waals surface area (Å²) in [7, 11) is 0. The van der Waals surface area contributed by atoms with Crippen molar-refractivity contribution in [2.24, 2.45) is 5.84 Å². The van der Waals surface area contributed by atoms with Gasteiger partial charge in [-0.1, -0.05) is 5.16 Å². The molecule has 8 nitrogen and oxygen atoms in total. The lowest BCUT2D eigenvalue weighted by Crippen LogP contribution is -2.43. The standard InChI is InChI=1S/C7H11N5O3/c1-4-10-5(15-12-4)2-3-9-6(13)7(14)11-8/h2-3,8H2,1H3,(H,9,13)(H,11,14). The highest BCUT2D eigenvalue weighted by atomic mass is 16.5. The molecule has 4 N–H and O–H groups in total. The van der Waals surface area contributed by atoms with Gasteiger partial charge in [0.25, 0.3) is 0 Å². The van der Waals surface area contributed by atoms with Gasteiger partial charge in [-0.3, -0.25) is 15.0 Å². The Labute approximate surface area is 85.2 Å². The van der Waals surface area contributed by atoms with Gasteiger partial charge in [0.1, 0.15) is 0 Å². The second-order valence-corrected chi connectivity index (χ2v) is 2.71. The quantitative estimate of drug-likeness (QED) is 0.231. The summed E-state index contributed by atoms with van der Waals surface area (Å²) in [5.41, 5.74) is 1.72. The van der Waals surface area contributed by atoms with Gasteiger partial charge in [0.15, 0.2) is 5.82 Å². The fourth-order valence-corrected chi connectivity index (χ4v) is 0.870. The minimum absolute atomic E-state index is 0.230. The van der Waals surface area contributed by atoms with Crippen LogP contribution in [0.15, 0.2) is 4.52 Å². The summed E-state index contributed by atoms with van der Waals surface area (Å²) >= 11 is 0. The van der Waals surface area contributed by atoms with Crippen molar-refractivity contribution in [3.8, 4) is 0 Å². The minimum atomic E-state index is -0.892. The third-order valence-electron chi connectivity index (χ3n) is 1.53. The van der Waals surface area contributed by atoms with Crippen LogP contribution in [0.4, 0.5) is 0 Å². The van der Waals surface area contributed by atoms with Gasteiger partial charge in [-0.2, -0.15) is 4.98 Å². The van der Waals surface area contributed by atoms with E-state index in [2.05, 4.69) is 15.5 Å². The first-order valence-electron chi connectivity index (χ1n) is 4.21. The van der Waals surface area contributed by atoms with Crippen LogP contribution in [-0.2, 0) is 16.0 Å². The lowest BCUT2D eigenvalue weighted by molar-refractivity contribution is -0.139. The molecular weight excluding hydrogens is 202 g/mol. The molecule has 0 saturated heterocycles. The van der Waals surface area contributed by atoms with Crippen LogP contribution >= 0.6 is 0 Å². The second-order valence-electron chi connectivity index (χ2n) is 2.71. The Kier molecular flexibility index (Phi) is 3.75. The van der Waals surface area contributed by atoms with Gasteiger partial charge in [-0.25, -0.2) is 5.84 Å². The Hall–Kier alpha value is -1.96. The van der Waals surface area contributed by atoms with E-state index in [0.29, 0.717) is 18.1 Å². The van der Waals surface area contributed by atoms with E-state index >= 15 is 0 Å². The van der Waals surface area contributed by atoms with Crippen molar-refractivity contribution >= 4 is 11.8 Å².